The molecule has 0 radical (unpaired) electrons. The maximum atomic E-state index is 9.94. The van der Waals surface area contributed by atoms with Crippen molar-refractivity contribution in [2.75, 3.05) is 6.61 Å². The molecule has 0 rings (SSSR count). The van der Waals surface area contributed by atoms with E-state index in [1.54, 1.807) is 6.92 Å². The van der Waals surface area contributed by atoms with Crippen LogP contribution in [0, 0.1) is 0 Å². The summed E-state index contributed by atoms with van der Waals surface area (Å²) in [5.74, 6) is -1.79. The second-order valence-electron chi connectivity index (χ2n) is 5.09. The van der Waals surface area contributed by atoms with Gasteiger partial charge in [-0.3, -0.25) is 9.59 Å². The number of carboxylic acids is 2. The van der Waals surface area contributed by atoms with Crippen molar-refractivity contribution in [2.45, 2.75) is 56.6 Å². The molecule has 0 aromatic carbocycles. The molecule has 0 fully saturated rings. The van der Waals surface area contributed by atoms with Gasteiger partial charge in [-0.2, -0.15) is 25.3 Å². The third kappa shape index (κ3) is 22.7. The molecule has 8 heteroatoms. The van der Waals surface area contributed by atoms with Gasteiger partial charge in [0.2, 0.25) is 0 Å². The smallest absolute Gasteiger partial charge is 0.318 e. The normalized spacial score (nSPS) is 12.2. The SMILES string of the molecule is CC(C)(S)C(=O)O.CC(C)(S)C(=O)O.CC(O)CCO. The molecule has 1 atom stereocenters. The van der Waals surface area contributed by atoms with E-state index in [0.717, 1.165) is 0 Å². The highest BCUT2D eigenvalue weighted by Crippen LogP contribution is 2.10. The van der Waals surface area contributed by atoms with E-state index in [0.29, 0.717) is 6.42 Å². The number of hydrogen-bond donors (Lipinski definition) is 6. The van der Waals surface area contributed by atoms with Crippen LogP contribution in [0.15, 0.2) is 0 Å². The van der Waals surface area contributed by atoms with Crippen molar-refractivity contribution in [3.63, 3.8) is 0 Å². The van der Waals surface area contributed by atoms with Gasteiger partial charge in [0.25, 0.3) is 0 Å². The third-order valence-corrected chi connectivity index (χ3v) is 1.98. The van der Waals surface area contributed by atoms with Crippen LogP contribution in [0.1, 0.15) is 41.0 Å². The zero-order valence-electron chi connectivity index (χ0n) is 12.5. The summed E-state index contributed by atoms with van der Waals surface area (Å²) < 4.78 is -1.78. The number of rotatable bonds is 4. The molecule has 0 aliphatic carbocycles. The first kappa shape index (κ1) is 24.6. The maximum absolute atomic E-state index is 9.94. The van der Waals surface area contributed by atoms with Gasteiger partial charge < -0.3 is 20.4 Å². The molecule has 0 saturated heterocycles. The molecule has 0 aromatic heterocycles. The van der Waals surface area contributed by atoms with E-state index < -0.39 is 21.4 Å². The first-order chi connectivity index (χ1) is 8.66. The van der Waals surface area contributed by atoms with Crippen molar-refractivity contribution < 1.29 is 30.0 Å². The summed E-state index contributed by atoms with van der Waals surface area (Å²) in [6.45, 7) is 7.83. The number of carboxylic acid groups (broad SMARTS) is 2. The molecule has 6 nitrogen and oxygen atoms in total. The summed E-state index contributed by atoms with van der Waals surface area (Å²) in [7, 11) is 0. The summed E-state index contributed by atoms with van der Waals surface area (Å²) in [6.07, 6.45) is 0.134. The number of hydrogen-bond acceptors (Lipinski definition) is 6. The van der Waals surface area contributed by atoms with Gasteiger partial charge in [-0.15, -0.1) is 0 Å². The van der Waals surface area contributed by atoms with E-state index in [9.17, 15) is 9.59 Å². The summed E-state index contributed by atoms with van der Waals surface area (Å²) in [6, 6.07) is 0. The second kappa shape index (κ2) is 11.2. The molecule has 20 heavy (non-hydrogen) atoms. The zero-order valence-corrected chi connectivity index (χ0v) is 14.3. The molecular weight excluding hydrogens is 304 g/mol. The lowest BCUT2D eigenvalue weighted by Crippen LogP contribution is -2.23. The second-order valence-corrected chi connectivity index (χ2v) is 7.33. The van der Waals surface area contributed by atoms with Crippen molar-refractivity contribution in [3.8, 4) is 0 Å². The topological polar surface area (TPSA) is 115 Å². The van der Waals surface area contributed by atoms with Gasteiger partial charge in [0.1, 0.15) is 9.49 Å². The van der Waals surface area contributed by atoms with Crippen LogP contribution in [0.2, 0.25) is 0 Å². The summed E-state index contributed by atoms with van der Waals surface area (Å²) >= 11 is 7.50. The highest BCUT2D eigenvalue weighted by Gasteiger charge is 2.20. The highest BCUT2D eigenvalue weighted by atomic mass is 32.1. The van der Waals surface area contributed by atoms with Crippen LogP contribution in [-0.4, -0.2) is 54.6 Å². The van der Waals surface area contributed by atoms with Crippen LogP contribution in [0.3, 0.4) is 0 Å². The van der Waals surface area contributed by atoms with Gasteiger partial charge in [0.15, 0.2) is 0 Å². The molecule has 0 heterocycles. The first-order valence-corrected chi connectivity index (χ1v) is 6.76. The minimum atomic E-state index is -0.893. The van der Waals surface area contributed by atoms with E-state index in [1.165, 1.54) is 27.7 Å². The number of carbonyl (C=O) groups is 2. The minimum Gasteiger partial charge on any atom is -0.480 e. The van der Waals surface area contributed by atoms with E-state index in [2.05, 4.69) is 25.3 Å². The lowest BCUT2D eigenvalue weighted by molar-refractivity contribution is -0.139. The van der Waals surface area contributed by atoms with Crippen LogP contribution < -0.4 is 0 Å². The monoisotopic (exact) mass is 330 g/mol. The molecule has 122 valence electrons. The van der Waals surface area contributed by atoms with Crippen LogP contribution in [0.4, 0.5) is 0 Å². The first-order valence-electron chi connectivity index (χ1n) is 5.86. The van der Waals surface area contributed by atoms with E-state index in [4.69, 9.17) is 20.4 Å². The molecule has 0 bridgehead atoms. The van der Waals surface area contributed by atoms with Crippen molar-refractivity contribution in [3.05, 3.63) is 0 Å². The number of aliphatic hydroxyl groups is 2. The Balaban J connectivity index is -0.000000218. The minimum absolute atomic E-state index is 0.0810. The highest BCUT2D eigenvalue weighted by molar-refractivity contribution is 7.82. The molecule has 0 aliphatic heterocycles. The fourth-order valence-corrected chi connectivity index (χ4v) is 0.187. The Hall–Kier alpha value is -0.440. The van der Waals surface area contributed by atoms with Gasteiger partial charge in [-0.05, 0) is 41.0 Å². The van der Waals surface area contributed by atoms with Gasteiger partial charge in [-0.1, -0.05) is 0 Å². The fraction of sp³-hybridized carbons (Fsp3) is 0.833. The average molecular weight is 330 g/mol. The van der Waals surface area contributed by atoms with Crippen LogP contribution in [-0.2, 0) is 9.59 Å². The van der Waals surface area contributed by atoms with Gasteiger partial charge in [0.05, 0.1) is 6.10 Å². The lowest BCUT2D eigenvalue weighted by Gasteiger charge is -2.07. The van der Waals surface area contributed by atoms with Crippen molar-refractivity contribution in [1.29, 1.82) is 0 Å². The Morgan fingerprint density at radius 2 is 1.20 bits per heavy atom. The largest absolute Gasteiger partial charge is 0.480 e. The van der Waals surface area contributed by atoms with Crippen LogP contribution >= 0.6 is 25.3 Å². The van der Waals surface area contributed by atoms with Gasteiger partial charge in [0, 0.05) is 6.61 Å². The Kier molecular flexibility index (Phi) is 13.8. The van der Waals surface area contributed by atoms with E-state index in [-0.39, 0.29) is 12.7 Å². The van der Waals surface area contributed by atoms with E-state index >= 15 is 0 Å². The number of aliphatic hydroxyl groups excluding tert-OH is 2. The summed E-state index contributed by atoms with van der Waals surface area (Å²) in [5.41, 5.74) is 0. The van der Waals surface area contributed by atoms with Crippen LogP contribution in [0.5, 0.6) is 0 Å². The molecule has 1 unspecified atom stereocenters. The Morgan fingerprint density at radius 1 is 1.00 bits per heavy atom. The third-order valence-electron chi connectivity index (χ3n) is 1.59. The maximum Gasteiger partial charge on any atom is 0.318 e. The van der Waals surface area contributed by atoms with Gasteiger partial charge in [-0.25, -0.2) is 0 Å². The summed E-state index contributed by atoms with van der Waals surface area (Å²) in [4.78, 5) is 19.9. The van der Waals surface area contributed by atoms with Crippen LogP contribution in [0.25, 0.3) is 0 Å². The zero-order chi connectivity index (χ0) is 17.1. The lowest BCUT2D eigenvalue weighted by atomic mass is 10.2. The Labute approximate surface area is 131 Å². The fourth-order valence-electron chi connectivity index (χ4n) is 0.187. The molecule has 0 spiro atoms. The predicted molar refractivity (Wildman–Crippen MR) is 84.8 cm³/mol. The number of aliphatic carboxylic acids is 2. The predicted octanol–water partition coefficient (Wildman–Crippen LogP) is 1.31. The molecule has 0 aromatic rings. The summed E-state index contributed by atoms with van der Waals surface area (Å²) in [5, 5.41) is 32.8. The van der Waals surface area contributed by atoms with Crippen molar-refractivity contribution >= 4 is 37.2 Å². The molecule has 0 saturated carbocycles. The standard InChI is InChI=1S/2C4H8O2S.C4H10O2/c2*1-4(2,7)3(5)6;1-4(6)2-3-5/h2*7H,1-2H3,(H,5,6);4-6H,2-3H2,1H3. The number of thiol groups is 2. The molecular formula is C12H26O6S2. The average Bonchev–Trinajstić information content (AvgIpc) is 2.15. The molecule has 0 aliphatic rings. The van der Waals surface area contributed by atoms with E-state index in [1.807, 2.05) is 0 Å². The van der Waals surface area contributed by atoms with Gasteiger partial charge >= 0.3 is 11.9 Å². The molecule has 0 amide bonds. The van der Waals surface area contributed by atoms with Crippen molar-refractivity contribution in [2.24, 2.45) is 0 Å². The molecule has 4 N–H and O–H groups in total. The van der Waals surface area contributed by atoms with Crippen molar-refractivity contribution in [1.82, 2.24) is 0 Å². The quantitative estimate of drug-likeness (QED) is 0.433. The Morgan fingerprint density at radius 3 is 1.20 bits per heavy atom. The Bertz CT molecular complexity index is 255.